The Morgan fingerprint density at radius 2 is 1.76 bits per heavy atom. The number of hydrogen-bond acceptors (Lipinski definition) is 7. The lowest BCUT2D eigenvalue weighted by atomic mass is 10.1. The molecule has 1 saturated heterocycles. The highest BCUT2D eigenvalue weighted by Gasteiger charge is 2.38. The SMILES string of the molecule is COC(N1CCN(C)CC1)N(Cc1ccc(-c2nnc(C(F)(F)F)o2)cc1F)c1ccc(F)c(C2CC2)c1. The van der Waals surface area contributed by atoms with Gasteiger partial charge in [0, 0.05) is 56.6 Å². The maximum Gasteiger partial charge on any atom is 0.470 e. The molecule has 12 heteroatoms. The average molecular weight is 538 g/mol. The molecular weight excluding hydrogens is 509 g/mol. The van der Waals surface area contributed by atoms with Crippen molar-refractivity contribution in [2.24, 2.45) is 0 Å². The first-order chi connectivity index (χ1) is 18.1. The molecule has 2 fully saturated rings. The number of rotatable bonds is 8. The van der Waals surface area contributed by atoms with Crippen LogP contribution in [0.1, 0.15) is 35.8 Å². The zero-order valence-corrected chi connectivity index (χ0v) is 21.0. The molecule has 1 saturated carbocycles. The molecule has 1 atom stereocenters. The maximum absolute atomic E-state index is 15.3. The number of aromatic nitrogens is 2. The number of anilines is 1. The van der Waals surface area contributed by atoms with Gasteiger partial charge in [-0.05, 0) is 61.7 Å². The summed E-state index contributed by atoms with van der Waals surface area (Å²) in [4.78, 5) is 6.23. The number of benzene rings is 2. The van der Waals surface area contributed by atoms with E-state index in [1.54, 1.807) is 19.2 Å². The fourth-order valence-electron chi connectivity index (χ4n) is 4.68. The van der Waals surface area contributed by atoms with Gasteiger partial charge in [0.1, 0.15) is 11.6 Å². The highest BCUT2D eigenvalue weighted by atomic mass is 19.4. The van der Waals surface area contributed by atoms with Gasteiger partial charge in [-0.25, -0.2) is 8.78 Å². The summed E-state index contributed by atoms with van der Waals surface area (Å²) in [6.07, 6.45) is -3.49. The number of likely N-dealkylation sites (N-methyl/N-ethyl adjacent to an activating group) is 1. The van der Waals surface area contributed by atoms with Gasteiger partial charge in [-0.15, -0.1) is 10.2 Å². The fraction of sp³-hybridized carbons (Fsp3) is 0.462. The average Bonchev–Trinajstić information content (AvgIpc) is 3.60. The van der Waals surface area contributed by atoms with Gasteiger partial charge in [0.25, 0.3) is 0 Å². The van der Waals surface area contributed by atoms with Gasteiger partial charge in [-0.1, -0.05) is 6.07 Å². The van der Waals surface area contributed by atoms with Crippen molar-refractivity contribution in [1.82, 2.24) is 20.0 Å². The second-order valence-corrected chi connectivity index (χ2v) is 9.73. The molecule has 1 aromatic heterocycles. The van der Waals surface area contributed by atoms with E-state index >= 15 is 4.39 Å². The van der Waals surface area contributed by atoms with E-state index in [2.05, 4.69) is 24.4 Å². The van der Waals surface area contributed by atoms with E-state index in [1.807, 2.05) is 11.9 Å². The lowest BCUT2D eigenvalue weighted by Gasteiger charge is -2.43. The molecule has 0 spiro atoms. The topological polar surface area (TPSA) is 57.9 Å². The standard InChI is InChI=1S/C26H28F5N5O2/c1-34-9-11-35(12-10-34)25(37-2)36(19-7-8-21(27)20(14-19)16-3-4-16)15-18-6-5-17(13-22(18)28)23-32-33-24(38-23)26(29,30)31/h5-8,13-14,16,25H,3-4,9-12,15H2,1-2H3. The molecule has 5 rings (SSSR count). The number of hydrogen-bond donors (Lipinski definition) is 0. The fourth-order valence-corrected chi connectivity index (χ4v) is 4.68. The minimum atomic E-state index is -4.79. The van der Waals surface area contributed by atoms with Crippen LogP contribution in [0.5, 0.6) is 0 Å². The normalized spacial score (nSPS) is 18.1. The monoisotopic (exact) mass is 537 g/mol. The Bertz CT molecular complexity index is 1270. The van der Waals surface area contributed by atoms with E-state index in [4.69, 9.17) is 4.74 Å². The Hall–Kier alpha value is -3.09. The van der Waals surface area contributed by atoms with Crippen LogP contribution in [-0.2, 0) is 17.5 Å². The van der Waals surface area contributed by atoms with E-state index in [9.17, 15) is 17.6 Å². The van der Waals surface area contributed by atoms with Crippen LogP contribution in [0, 0.1) is 11.6 Å². The molecule has 1 aliphatic heterocycles. The quantitative estimate of drug-likeness (QED) is 0.293. The van der Waals surface area contributed by atoms with Gasteiger partial charge >= 0.3 is 12.1 Å². The van der Waals surface area contributed by atoms with Crippen molar-refractivity contribution in [3.05, 3.63) is 65.1 Å². The predicted molar refractivity (Wildman–Crippen MR) is 129 cm³/mol. The summed E-state index contributed by atoms with van der Waals surface area (Å²) in [6.45, 7) is 3.18. The molecular formula is C26H28F5N5O2. The van der Waals surface area contributed by atoms with Gasteiger partial charge in [-0.2, -0.15) is 13.2 Å². The molecule has 204 valence electrons. The summed E-state index contributed by atoms with van der Waals surface area (Å²) in [7, 11) is 3.62. The minimum absolute atomic E-state index is 0.0287. The summed E-state index contributed by atoms with van der Waals surface area (Å²) in [6, 6.07) is 8.86. The van der Waals surface area contributed by atoms with E-state index < -0.39 is 30.1 Å². The second-order valence-electron chi connectivity index (χ2n) is 9.73. The van der Waals surface area contributed by atoms with Crippen molar-refractivity contribution >= 4 is 5.69 Å². The second kappa shape index (κ2) is 10.6. The minimum Gasteiger partial charge on any atom is -0.413 e. The molecule has 3 aromatic rings. The van der Waals surface area contributed by atoms with Crippen molar-refractivity contribution in [1.29, 1.82) is 0 Å². The molecule has 0 N–H and O–H groups in total. The highest BCUT2D eigenvalue weighted by Crippen LogP contribution is 2.43. The summed E-state index contributed by atoms with van der Waals surface area (Å²) in [5.74, 6) is -2.68. The zero-order valence-electron chi connectivity index (χ0n) is 21.0. The number of piperazine rings is 1. The van der Waals surface area contributed by atoms with Crippen molar-refractivity contribution in [2.75, 3.05) is 45.2 Å². The largest absolute Gasteiger partial charge is 0.470 e. The van der Waals surface area contributed by atoms with E-state index in [0.29, 0.717) is 11.3 Å². The molecule has 1 unspecified atom stereocenters. The number of halogens is 5. The van der Waals surface area contributed by atoms with Crippen LogP contribution in [0.25, 0.3) is 11.5 Å². The Kier molecular flexibility index (Phi) is 7.38. The van der Waals surface area contributed by atoms with E-state index in [-0.39, 0.29) is 29.4 Å². The third-order valence-electron chi connectivity index (χ3n) is 6.96. The van der Waals surface area contributed by atoms with Gasteiger partial charge in [0.2, 0.25) is 5.89 Å². The summed E-state index contributed by atoms with van der Waals surface area (Å²) >= 11 is 0. The van der Waals surface area contributed by atoms with Gasteiger partial charge in [0.05, 0.1) is 0 Å². The third kappa shape index (κ3) is 5.67. The molecule has 2 aliphatic rings. The molecule has 0 amide bonds. The number of ether oxygens (including phenoxy) is 1. The first kappa shape index (κ1) is 26.5. The number of methoxy groups -OCH3 is 1. The Labute approximate surface area is 216 Å². The van der Waals surface area contributed by atoms with Crippen molar-refractivity contribution in [3.63, 3.8) is 0 Å². The zero-order chi connectivity index (χ0) is 27.0. The highest BCUT2D eigenvalue weighted by molar-refractivity contribution is 5.55. The lowest BCUT2D eigenvalue weighted by molar-refractivity contribution is -0.156. The van der Waals surface area contributed by atoms with E-state index in [0.717, 1.165) is 45.1 Å². The maximum atomic E-state index is 15.3. The molecule has 38 heavy (non-hydrogen) atoms. The first-order valence-electron chi connectivity index (χ1n) is 12.3. The van der Waals surface area contributed by atoms with Crippen LogP contribution in [0.4, 0.5) is 27.6 Å². The predicted octanol–water partition coefficient (Wildman–Crippen LogP) is 5.10. The van der Waals surface area contributed by atoms with Crippen molar-refractivity contribution in [2.45, 2.75) is 37.8 Å². The van der Waals surface area contributed by atoms with Gasteiger partial charge in [-0.3, -0.25) is 4.90 Å². The third-order valence-corrected chi connectivity index (χ3v) is 6.96. The number of alkyl halides is 3. The molecule has 0 bridgehead atoms. The molecule has 2 heterocycles. The van der Waals surface area contributed by atoms with Gasteiger partial charge in [0.15, 0.2) is 6.35 Å². The van der Waals surface area contributed by atoms with E-state index in [1.165, 1.54) is 18.2 Å². The Balaban J connectivity index is 1.46. The van der Waals surface area contributed by atoms with Gasteiger partial charge < -0.3 is 19.0 Å². The molecule has 7 nitrogen and oxygen atoms in total. The van der Waals surface area contributed by atoms with Crippen LogP contribution >= 0.6 is 0 Å². The number of nitrogens with zero attached hydrogens (tertiary/aromatic N) is 5. The first-order valence-corrected chi connectivity index (χ1v) is 12.3. The van der Waals surface area contributed by atoms with Crippen LogP contribution in [0.15, 0.2) is 40.8 Å². The Morgan fingerprint density at radius 1 is 1.03 bits per heavy atom. The summed E-state index contributed by atoms with van der Waals surface area (Å²) in [5, 5.41) is 6.40. The van der Waals surface area contributed by atoms with Crippen LogP contribution in [0.2, 0.25) is 0 Å². The smallest absolute Gasteiger partial charge is 0.413 e. The van der Waals surface area contributed by atoms with Crippen LogP contribution in [-0.4, -0.2) is 66.7 Å². The van der Waals surface area contributed by atoms with Crippen LogP contribution in [0.3, 0.4) is 0 Å². The summed E-state index contributed by atoms with van der Waals surface area (Å²) in [5.41, 5.74) is 1.63. The summed E-state index contributed by atoms with van der Waals surface area (Å²) < 4.78 is 79.0. The Morgan fingerprint density at radius 3 is 2.37 bits per heavy atom. The molecule has 0 radical (unpaired) electrons. The lowest BCUT2D eigenvalue weighted by Crippen LogP contribution is -2.56. The molecule has 1 aliphatic carbocycles. The van der Waals surface area contributed by atoms with Crippen molar-refractivity contribution < 1.29 is 31.1 Å². The molecule has 2 aromatic carbocycles. The van der Waals surface area contributed by atoms with Crippen LogP contribution < -0.4 is 4.90 Å². The van der Waals surface area contributed by atoms with Crippen molar-refractivity contribution in [3.8, 4) is 11.5 Å².